The highest BCUT2D eigenvalue weighted by molar-refractivity contribution is 5.65. The Balaban J connectivity index is 3.33. The van der Waals surface area contributed by atoms with Crippen molar-refractivity contribution in [2.45, 2.75) is 0 Å². The van der Waals surface area contributed by atoms with Crippen molar-refractivity contribution < 1.29 is 9.31 Å². The summed E-state index contributed by atoms with van der Waals surface area (Å²) in [4.78, 5) is 9.44. The van der Waals surface area contributed by atoms with Crippen LogP contribution in [0.15, 0.2) is 12.1 Å². The molecule has 0 aliphatic rings. The minimum Gasteiger partial charge on any atom is -0.396 e. The molecule has 0 bridgehead atoms. The van der Waals surface area contributed by atoms with E-state index in [0.29, 0.717) is 6.07 Å². The summed E-state index contributed by atoms with van der Waals surface area (Å²) in [7, 11) is 0. The molecule has 0 aromatic heterocycles. The van der Waals surface area contributed by atoms with Crippen LogP contribution in [0.4, 0.5) is 21.5 Å². The molecule has 0 fully saturated rings. The predicted molar refractivity (Wildman–Crippen MR) is 41.9 cm³/mol. The maximum absolute atomic E-state index is 12.6. The molecule has 1 aromatic rings. The van der Waals surface area contributed by atoms with E-state index in [1.54, 1.807) is 0 Å². The van der Waals surface area contributed by atoms with Gasteiger partial charge in [0.2, 0.25) is 0 Å². The summed E-state index contributed by atoms with van der Waals surface area (Å²) in [5.74, 6) is -0.837. The quantitative estimate of drug-likeness (QED) is 0.372. The molecule has 0 unspecified atom stereocenters. The third-order valence-corrected chi connectivity index (χ3v) is 1.34. The van der Waals surface area contributed by atoms with Crippen molar-refractivity contribution in [1.82, 2.24) is 0 Å². The fraction of sp³-hybridized carbons (Fsp3) is 0. The molecule has 0 heterocycles. The summed E-state index contributed by atoms with van der Waals surface area (Å²) < 4.78 is 12.6. The summed E-state index contributed by atoms with van der Waals surface area (Å²) in [5.41, 5.74) is 9.51. The van der Waals surface area contributed by atoms with Crippen LogP contribution in [0.5, 0.6) is 0 Å². The number of nitro benzene ring substituents is 1. The molecular formula is C6H6FN3O2. The number of hydrogen-bond acceptors (Lipinski definition) is 4. The van der Waals surface area contributed by atoms with E-state index >= 15 is 0 Å². The van der Waals surface area contributed by atoms with Gasteiger partial charge in [-0.3, -0.25) is 10.1 Å². The molecule has 1 rings (SSSR count). The monoisotopic (exact) mass is 171 g/mol. The van der Waals surface area contributed by atoms with Gasteiger partial charge in [0.05, 0.1) is 16.7 Å². The highest BCUT2D eigenvalue weighted by atomic mass is 19.1. The summed E-state index contributed by atoms with van der Waals surface area (Å²) in [6.45, 7) is 0. The van der Waals surface area contributed by atoms with Gasteiger partial charge in [-0.2, -0.15) is 0 Å². The molecule has 1 aromatic carbocycles. The van der Waals surface area contributed by atoms with E-state index in [0.717, 1.165) is 6.07 Å². The lowest BCUT2D eigenvalue weighted by molar-refractivity contribution is -0.384. The summed E-state index contributed by atoms with van der Waals surface area (Å²) in [6.07, 6.45) is 0. The Morgan fingerprint density at radius 2 is 1.92 bits per heavy atom. The lowest BCUT2D eigenvalue weighted by Gasteiger charge is -1.99. The first-order valence-corrected chi connectivity index (χ1v) is 3.01. The Morgan fingerprint density at radius 1 is 1.33 bits per heavy atom. The van der Waals surface area contributed by atoms with Gasteiger partial charge in [0.1, 0.15) is 5.69 Å². The van der Waals surface area contributed by atoms with Crippen LogP contribution in [0, 0.1) is 15.9 Å². The number of rotatable bonds is 1. The van der Waals surface area contributed by atoms with Gasteiger partial charge in [-0.25, -0.2) is 4.39 Å². The second-order valence-corrected chi connectivity index (χ2v) is 2.19. The number of nitrogens with zero attached hydrogens (tertiary/aromatic N) is 1. The van der Waals surface area contributed by atoms with Crippen molar-refractivity contribution in [3.63, 3.8) is 0 Å². The first-order valence-electron chi connectivity index (χ1n) is 3.01. The molecule has 0 radical (unpaired) electrons. The minimum atomic E-state index is -0.837. The molecule has 0 aliphatic heterocycles. The third kappa shape index (κ3) is 1.26. The van der Waals surface area contributed by atoms with E-state index < -0.39 is 16.4 Å². The lowest BCUT2D eigenvalue weighted by Crippen LogP contribution is -1.99. The SMILES string of the molecule is Nc1cc(N)c([N+](=O)[O-])cc1F. The van der Waals surface area contributed by atoms with Gasteiger partial charge in [0, 0.05) is 0 Å². The van der Waals surface area contributed by atoms with Crippen LogP contribution in [0.2, 0.25) is 0 Å². The van der Waals surface area contributed by atoms with E-state index in [4.69, 9.17) is 11.5 Å². The number of halogens is 1. The molecule has 0 amide bonds. The average molecular weight is 171 g/mol. The fourth-order valence-electron chi connectivity index (χ4n) is 0.755. The van der Waals surface area contributed by atoms with Gasteiger partial charge >= 0.3 is 0 Å². The molecule has 0 atom stereocenters. The molecule has 5 nitrogen and oxygen atoms in total. The van der Waals surface area contributed by atoms with E-state index in [1.165, 1.54) is 0 Å². The zero-order valence-corrected chi connectivity index (χ0v) is 5.95. The topological polar surface area (TPSA) is 95.2 Å². The number of benzene rings is 1. The molecule has 0 saturated carbocycles. The summed E-state index contributed by atoms with van der Waals surface area (Å²) in [5, 5.41) is 10.2. The molecular weight excluding hydrogens is 165 g/mol. The number of nitrogen functional groups attached to an aromatic ring is 2. The number of nitrogens with two attached hydrogens (primary N) is 2. The first kappa shape index (κ1) is 8.25. The van der Waals surface area contributed by atoms with Crippen LogP contribution in [-0.2, 0) is 0 Å². The van der Waals surface area contributed by atoms with Gasteiger partial charge < -0.3 is 11.5 Å². The lowest BCUT2D eigenvalue weighted by atomic mass is 10.2. The second kappa shape index (κ2) is 2.65. The summed E-state index contributed by atoms with van der Waals surface area (Å²) in [6, 6.07) is 1.72. The standard InChI is InChI=1S/C6H6FN3O2/c7-3-1-6(10(11)12)5(9)2-4(3)8/h1-2H,8-9H2. The zero-order chi connectivity index (χ0) is 9.30. The maximum atomic E-state index is 12.6. The molecule has 4 N–H and O–H groups in total. The molecule has 64 valence electrons. The van der Waals surface area contributed by atoms with Crippen molar-refractivity contribution in [3.8, 4) is 0 Å². The van der Waals surface area contributed by atoms with Crippen LogP contribution < -0.4 is 11.5 Å². The van der Waals surface area contributed by atoms with Crippen molar-refractivity contribution in [2.75, 3.05) is 11.5 Å². The van der Waals surface area contributed by atoms with E-state index in [2.05, 4.69) is 0 Å². The molecule has 0 spiro atoms. The van der Waals surface area contributed by atoms with E-state index in [9.17, 15) is 14.5 Å². The van der Waals surface area contributed by atoms with Gasteiger partial charge in [-0.15, -0.1) is 0 Å². The van der Waals surface area contributed by atoms with Crippen LogP contribution >= 0.6 is 0 Å². The molecule has 6 heteroatoms. The van der Waals surface area contributed by atoms with Crippen molar-refractivity contribution in [3.05, 3.63) is 28.1 Å². The largest absolute Gasteiger partial charge is 0.396 e. The van der Waals surface area contributed by atoms with Crippen LogP contribution in [0.3, 0.4) is 0 Å². The highest BCUT2D eigenvalue weighted by Gasteiger charge is 2.14. The minimum absolute atomic E-state index is 0.140. The maximum Gasteiger partial charge on any atom is 0.295 e. The molecule has 12 heavy (non-hydrogen) atoms. The Bertz CT molecular complexity index is 340. The fourth-order valence-corrected chi connectivity index (χ4v) is 0.755. The molecule has 0 saturated heterocycles. The first-order chi connectivity index (χ1) is 5.52. The Morgan fingerprint density at radius 3 is 2.42 bits per heavy atom. The normalized spacial score (nSPS) is 9.75. The average Bonchev–Trinajstić information content (AvgIpc) is 1.96. The van der Waals surface area contributed by atoms with Crippen molar-refractivity contribution in [2.24, 2.45) is 0 Å². The Labute approximate surface area is 66.9 Å². The van der Waals surface area contributed by atoms with Gasteiger partial charge in [-0.05, 0) is 6.07 Å². The highest BCUT2D eigenvalue weighted by Crippen LogP contribution is 2.25. The number of hydrogen-bond donors (Lipinski definition) is 2. The molecule has 0 aliphatic carbocycles. The van der Waals surface area contributed by atoms with Crippen molar-refractivity contribution in [1.29, 1.82) is 0 Å². The smallest absolute Gasteiger partial charge is 0.295 e. The van der Waals surface area contributed by atoms with E-state index in [-0.39, 0.29) is 11.4 Å². The van der Waals surface area contributed by atoms with Gasteiger partial charge in [-0.1, -0.05) is 0 Å². The predicted octanol–water partition coefficient (Wildman–Crippen LogP) is 0.898. The van der Waals surface area contributed by atoms with Gasteiger partial charge in [0.15, 0.2) is 5.82 Å². The Kier molecular flexibility index (Phi) is 1.82. The Hall–Kier alpha value is -1.85. The second-order valence-electron chi connectivity index (χ2n) is 2.19. The third-order valence-electron chi connectivity index (χ3n) is 1.34. The van der Waals surface area contributed by atoms with Crippen LogP contribution in [-0.4, -0.2) is 4.92 Å². The van der Waals surface area contributed by atoms with Crippen LogP contribution in [0.1, 0.15) is 0 Å². The van der Waals surface area contributed by atoms with Gasteiger partial charge in [0.25, 0.3) is 5.69 Å². The zero-order valence-electron chi connectivity index (χ0n) is 5.95. The number of nitro groups is 1. The van der Waals surface area contributed by atoms with E-state index in [1.807, 2.05) is 0 Å². The van der Waals surface area contributed by atoms with Crippen molar-refractivity contribution >= 4 is 17.1 Å². The number of anilines is 2. The van der Waals surface area contributed by atoms with Crippen LogP contribution in [0.25, 0.3) is 0 Å². The summed E-state index contributed by atoms with van der Waals surface area (Å²) >= 11 is 0.